The number of fused-ring (bicyclic) bond motifs is 5. The van der Waals surface area contributed by atoms with Crippen molar-refractivity contribution in [3.05, 3.63) is 72.1 Å². The van der Waals surface area contributed by atoms with E-state index in [1.165, 1.54) is 0 Å². The minimum atomic E-state index is -0.0297. The number of hydrogen-bond donors (Lipinski definition) is 1. The van der Waals surface area contributed by atoms with Crippen molar-refractivity contribution in [1.82, 2.24) is 9.55 Å². The quantitative estimate of drug-likeness (QED) is 0.611. The van der Waals surface area contributed by atoms with E-state index in [2.05, 4.69) is 17.1 Å². The first kappa shape index (κ1) is 16.0. The number of aliphatic hydroxyl groups excluding tert-OH is 1. The third-order valence-corrected chi connectivity index (χ3v) is 5.32. The number of amides is 1. The Labute approximate surface area is 156 Å². The van der Waals surface area contributed by atoms with Crippen molar-refractivity contribution in [1.29, 1.82) is 0 Å². The van der Waals surface area contributed by atoms with Crippen LogP contribution in [-0.4, -0.2) is 33.7 Å². The topological polar surface area (TPSA) is 58.4 Å². The van der Waals surface area contributed by atoms with E-state index in [0.717, 1.165) is 39.5 Å². The molecule has 1 N–H and O–H groups in total. The van der Waals surface area contributed by atoms with Crippen LogP contribution in [0.2, 0.25) is 0 Å². The fraction of sp³-hybridized carbons (Fsp3) is 0.182. The van der Waals surface area contributed by atoms with Crippen molar-refractivity contribution in [3.8, 4) is 0 Å². The first-order valence-corrected chi connectivity index (χ1v) is 9.16. The van der Waals surface area contributed by atoms with Gasteiger partial charge in [0.1, 0.15) is 5.69 Å². The van der Waals surface area contributed by atoms with Gasteiger partial charge in [-0.1, -0.05) is 36.4 Å². The van der Waals surface area contributed by atoms with E-state index in [1.807, 2.05) is 51.9 Å². The van der Waals surface area contributed by atoms with Crippen LogP contribution in [0.4, 0.5) is 5.69 Å². The van der Waals surface area contributed by atoms with Gasteiger partial charge in [-0.3, -0.25) is 9.78 Å². The lowest BCUT2D eigenvalue weighted by Gasteiger charge is -2.28. The van der Waals surface area contributed by atoms with E-state index in [9.17, 15) is 9.90 Å². The van der Waals surface area contributed by atoms with E-state index in [0.29, 0.717) is 18.8 Å². The van der Waals surface area contributed by atoms with Crippen LogP contribution >= 0.6 is 0 Å². The van der Waals surface area contributed by atoms with Gasteiger partial charge < -0.3 is 14.6 Å². The van der Waals surface area contributed by atoms with Gasteiger partial charge in [-0.15, -0.1) is 0 Å². The summed E-state index contributed by atoms with van der Waals surface area (Å²) in [4.78, 5) is 19.8. The summed E-state index contributed by atoms with van der Waals surface area (Å²) in [5, 5.41) is 11.8. The molecule has 0 atom stereocenters. The lowest BCUT2D eigenvalue weighted by Crippen LogP contribution is -2.38. The Morgan fingerprint density at radius 3 is 2.70 bits per heavy atom. The van der Waals surface area contributed by atoms with E-state index < -0.39 is 0 Å². The number of rotatable bonds is 3. The van der Waals surface area contributed by atoms with E-state index in [4.69, 9.17) is 0 Å². The Hall–Kier alpha value is -3.18. The molecule has 1 aliphatic heterocycles. The van der Waals surface area contributed by atoms with E-state index >= 15 is 0 Å². The highest BCUT2D eigenvalue weighted by molar-refractivity contribution is 6.14. The molecule has 0 radical (unpaired) electrons. The summed E-state index contributed by atoms with van der Waals surface area (Å²) in [5.41, 5.74) is 4.44. The van der Waals surface area contributed by atoms with Crippen LogP contribution in [0, 0.1) is 0 Å². The second-order valence-electron chi connectivity index (χ2n) is 6.78. The van der Waals surface area contributed by atoms with Crippen LogP contribution in [0.1, 0.15) is 16.1 Å². The Morgan fingerprint density at radius 1 is 1.04 bits per heavy atom. The molecule has 1 amide bonds. The second kappa shape index (κ2) is 6.21. The van der Waals surface area contributed by atoms with Crippen LogP contribution in [0.5, 0.6) is 0 Å². The van der Waals surface area contributed by atoms with Crippen LogP contribution in [0.25, 0.3) is 21.8 Å². The number of benzene rings is 2. The van der Waals surface area contributed by atoms with Crippen LogP contribution in [0.15, 0.2) is 60.8 Å². The minimum absolute atomic E-state index is 0.0174. The monoisotopic (exact) mass is 357 g/mol. The highest BCUT2D eigenvalue weighted by atomic mass is 16.3. The average molecular weight is 357 g/mol. The molecule has 5 nitrogen and oxygen atoms in total. The third kappa shape index (κ3) is 2.35. The summed E-state index contributed by atoms with van der Waals surface area (Å²) in [6.07, 6.45) is 2.55. The SMILES string of the molecule is O=C1c2c(c3ccc4cccnc4c3n2CCO)CCN1c1ccccc1. The van der Waals surface area contributed by atoms with Crippen LogP contribution in [0.3, 0.4) is 0 Å². The minimum Gasteiger partial charge on any atom is -0.395 e. The predicted octanol–water partition coefficient (Wildman–Crippen LogP) is 3.38. The van der Waals surface area contributed by atoms with Crippen molar-refractivity contribution in [2.24, 2.45) is 0 Å². The second-order valence-corrected chi connectivity index (χ2v) is 6.78. The number of para-hydroxylation sites is 1. The molecule has 4 aromatic rings. The number of hydrogen-bond acceptors (Lipinski definition) is 3. The molecular formula is C22H19N3O2. The molecular weight excluding hydrogens is 338 g/mol. The molecule has 3 heterocycles. The highest BCUT2D eigenvalue weighted by Crippen LogP contribution is 2.35. The zero-order valence-electron chi connectivity index (χ0n) is 14.8. The van der Waals surface area contributed by atoms with Gasteiger partial charge in [0, 0.05) is 35.7 Å². The summed E-state index contributed by atoms with van der Waals surface area (Å²) < 4.78 is 1.96. The Bertz CT molecular complexity index is 1160. The fourth-order valence-corrected chi connectivity index (χ4v) is 4.18. The zero-order valence-corrected chi connectivity index (χ0v) is 14.8. The van der Waals surface area contributed by atoms with Gasteiger partial charge >= 0.3 is 0 Å². The summed E-state index contributed by atoms with van der Waals surface area (Å²) in [7, 11) is 0. The van der Waals surface area contributed by atoms with Crippen molar-refractivity contribution in [3.63, 3.8) is 0 Å². The third-order valence-electron chi connectivity index (χ3n) is 5.32. The highest BCUT2D eigenvalue weighted by Gasteiger charge is 2.32. The average Bonchev–Trinajstić information content (AvgIpc) is 3.04. The maximum atomic E-state index is 13.4. The Morgan fingerprint density at radius 2 is 1.89 bits per heavy atom. The molecule has 134 valence electrons. The molecule has 0 unspecified atom stereocenters. The molecule has 0 fully saturated rings. The maximum absolute atomic E-state index is 13.4. The summed E-state index contributed by atoms with van der Waals surface area (Å²) >= 11 is 0. The van der Waals surface area contributed by atoms with Gasteiger partial charge in [0.25, 0.3) is 5.91 Å². The van der Waals surface area contributed by atoms with Crippen LogP contribution in [-0.2, 0) is 13.0 Å². The van der Waals surface area contributed by atoms with Crippen LogP contribution < -0.4 is 4.90 Å². The molecule has 27 heavy (non-hydrogen) atoms. The van der Waals surface area contributed by atoms with E-state index in [-0.39, 0.29) is 12.5 Å². The summed E-state index contributed by atoms with van der Waals surface area (Å²) in [6, 6.07) is 17.8. The smallest absolute Gasteiger partial charge is 0.275 e. The molecule has 0 saturated carbocycles. The summed E-state index contributed by atoms with van der Waals surface area (Å²) in [6.45, 7) is 0.988. The number of nitrogens with zero attached hydrogens (tertiary/aromatic N) is 3. The molecule has 0 saturated heterocycles. The van der Waals surface area contributed by atoms with Crippen molar-refractivity contribution in [2.75, 3.05) is 18.1 Å². The molecule has 1 aliphatic rings. The summed E-state index contributed by atoms with van der Waals surface area (Å²) in [5.74, 6) is -0.0174. The van der Waals surface area contributed by atoms with Crippen molar-refractivity contribution >= 4 is 33.4 Å². The lowest BCUT2D eigenvalue weighted by atomic mass is 10.0. The molecule has 0 bridgehead atoms. The molecule has 0 aliphatic carbocycles. The molecule has 5 heteroatoms. The largest absolute Gasteiger partial charge is 0.395 e. The van der Waals surface area contributed by atoms with Crippen molar-refractivity contribution < 1.29 is 9.90 Å². The standard InChI is InChI=1S/C22H19N3O2/c26-14-13-25-20-17(9-8-15-5-4-11-23-19(15)20)18-10-12-24(22(27)21(18)25)16-6-2-1-3-7-16/h1-9,11,26H,10,12-14H2. The van der Waals surface area contributed by atoms with Gasteiger partial charge in [-0.05, 0) is 30.2 Å². The van der Waals surface area contributed by atoms with Gasteiger partial charge in [-0.2, -0.15) is 0 Å². The van der Waals surface area contributed by atoms with E-state index in [1.54, 1.807) is 6.20 Å². The zero-order chi connectivity index (χ0) is 18.4. The first-order valence-electron chi connectivity index (χ1n) is 9.16. The lowest BCUT2D eigenvalue weighted by molar-refractivity contribution is 0.0970. The molecule has 0 spiro atoms. The predicted molar refractivity (Wildman–Crippen MR) is 106 cm³/mol. The molecule has 5 rings (SSSR count). The molecule has 2 aromatic carbocycles. The van der Waals surface area contributed by atoms with Gasteiger partial charge in [0.15, 0.2) is 0 Å². The maximum Gasteiger partial charge on any atom is 0.275 e. The number of carbonyl (C=O) groups excluding carboxylic acids is 1. The van der Waals surface area contributed by atoms with Gasteiger partial charge in [-0.25, -0.2) is 0 Å². The van der Waals surface area contributed by atoms with Gasteiger partial charge in [0.2, 0.25) is 0 Å². The fourth-order valence-electron chi connectivity index (χ4n) is 4.18. The van der Waals surface area contributed by atoms with Gasteiger partial charge in [0.05, 0.1) is 17.6 Å². The number of aliphatic hydroxyl groups is 1. The van der Waals surface area contributed by atoms with Crippen molar-refractivity contribution in [2.45, 2.75) is 13.0 Å². The normalized spacial score (nSPS) is 14.1. The molecule has 2 aromatic heterocycles. The number of anilines is 1. The Kier molecular flexibility index (Phi) is 3.69. The number of carbonyl (C=O) groups is 1. The number of aromatic nitrogens is 2. The number of pyridine rings is 1. The Balaban J connectivity index is 1.79. The first-order chi connectivity index (χ1) is 13.3.